The fraction of sp³-hybridized carbons (Fsp3) is 0.700. The van der Waals surface area contributed by atoms with Gasteiger partial charge in [0.15, 0.2) is 0 Å². The van der Waals surface area contributed by atoms with Crippen molar-refractivity contribution in [1.29, 1.82) is 0 Å². The molecule has 4 N–H and O–H groups in total. The number of rotatable bonds is 5. The largest absolute Gasteiger partial charge is 0.480 e. The normalized spacial score (nSPS) is 16.5. The van der Waals surface area contributed by atoms with Crippen LogP contribution in [0.25, 0.3) is 0 Å². The minimum Gasteiger partial charge on any atom is -0.480 e. The molecule has 0 radical (unpaired) electrons. The van der Waals surface area contributed by atoms with Crippen LogP contribution >= 0.6 is 0 Å². The summed E-state index contributed by atoms with van der Waals surface area (Å²) in [6.07, 6.45) is 1.87. The summed E-state index contributed by atoms with van der Waals surface area (Å²) in [5.74, 6) is -1.19. The van der Waals surface area contributed by atoms with Gasteiger partial charge in [0.05, 0.1) is 0 Å². The molecule has 0 aliphatic heterocycles. The summed E-state index contributed by atoms with van der Waals surface area (Å²) in [5.41, 5.74) is -1.11. The average molecular weight is 243 g/mol. The van der Waals surface area contributed by atoms with Crippen LogP contribution in [-0.2, 0) is 9.59 Å². The van der Waals surface area contributed by atoms with Crippen molar-refractivity contribution in [2.45, 2.75) is 31.2 Å². The smallest absolute Gasteiger partial charge is 0.329 e. The van der Waals surface area contributed by atoms with Gasteiger partial charge in [-0.3, -0.25) is 4.79 Å². The molecule has 0 heterocycles. The first kappa shape index (κ1) is 13.3. The van der Waals surface area contributed by atoms with E-state index in [9.17, 15) is 14.4 Å². The number of carbonyl (C=O) groups excluding carboxylic acids is 2. The first-order valence-electron chi connectivity index (χ1n) is 5.50. The number of nitrogens with one attached hydrogen (secondary N) is 3. The van der Waals surface area contributed by atoms with E-state index in [1.54, 1.807) is 0 Å². The molecule has 7 heteroatoms. The van der Waals surface area contributed by atoms with Gasteiger partial charge in [-0.15, -0.1) is 0 Å². The van der Waals surface area contributed by atoms with Gasteiger partial charge in [-0.25, -0.2) is 9.59 Å². The van der Waals surface area contributed by atoms with E-state index in [0.29, 0.717) is 12.8 Å². The third-order valence-corrected chi connectivity index (χ3v) is 2.89. The molecule has 1 rings (SSSR count). The van der Waals surface area contributed by atoms with Gasteiger partial charge < -0.3 is 21.1 Å². The highest BCUT2D eigenvalue weighted by Crippen LogP contribution is 2.31. The van der Waals surface area contributed by atoms with E-state index < -0.39 is 17.5 Å². The second-order valence-corrected chi connectivity index (χ2v) is 4.04. The van der Waals surface area contributed by atoms with Crippen LogP contribution < -0.4 is 16.0 Å². The standard InChI is InChI=1S/C10H17N3O4/c1-11-7(14)3-6-12-9(17)13-10(8(15)16)4-2-5-10/h2-6H2,1H3,(H,11,14)(H,15,16)(H2,12,13,17). The van der Waals surface area contributed by atoms with E-state index in [-0.39, 0.29) is 18.9 Å². The maximum Gasteiger partial charge on any atom is 0.329 e. The van der Waals surface area contributed by atoms with Crippen molar-refractivity contribution in [2.24, 2.45) is 0 Å². The summed E-state index contributed by atoms with van der Waals surface area (Å²) in [6.45, 7) is 0.182. The average Bonchev–Trinajstić information content (AvgIpc) is 2.22. The monoisotopic (exact) mass is 243 g/mol. The molecule has 1 saturated carbocycles. The molecule has 0 saturated heterocycles. The van der Waals surface area contributed by atoms with E-state index >= 15 is 0 Å². The Morgan fingerprint density at radius 3 is 2.35 bits per heavy atom. The van der Waals surface area contributed by atoms with Crippen molar-refractivity contribution in [3.8, 4) is 0 Å². The first-order valence-corrected chi connectivity index (χ1v) is 5.50. The Kier molecular flexibility index (Phi) is 4.30. The molecule has 0 aromatic carbocycles. The highest BCUT2D eigenvalue weighted by atomic mass is 16.4. The number of carboxylic acid groups (broad SMARTS) is 1. The van der Waals surface area contributed by atoms with Gasteiger partial charge in [0.25, 0.3) is 0 Å². The van der Waals surface area contributed by atoms with Crippen LogP contribution in [0.15, 0.2) is 0 Å². The minimum absolute atomic E-state index is 0.171. The van der Waals surface area contributed by atoms with Gasteiger partial charge >= 0.3 is 12.0 Å². The Hall–Kier alpha value is -1.79. The Bertz CT molecular complexity index is 326. The number of carboxylic acids is 1. The molecule has 17 heavy (non-hydrogen) atoms. The molecular formula is C10H17N3O4. The number of amides is 3. The summed E-state index contributed by atoms with van der Waals surface area (Å²) < 4.78 is 0. The number of aliphatic carboxylic acids is 1. The summed E-state index contributed by atoms with van der Waals surface area (Å²) in [4.78, 5) is 33.2. The number of hydrogen-bond acceptors (Lipinski definition) is 3. The van der Waals surface area contributed by atoms with Gasteiger partial charge in [-0.2, -0.15) is 0 Å². The third kappa shape index (κ3) is 3.33. The number of carbonyl (C=O) groups is 3. The highest BCUT2D eigenvalue weighted by Gasteiger charge is 2.45. The topological polar surface area (TPSA) is 108 Å². The molecule has 0 aromatic heterocycles. The van der Waals surface area contributed by atoms with Crippen molar-refractivity contribution in [1.82, 2.24) is 16.0 Å². The number of urea groups is 1. The lowest BCUT2D eigenvalue weighted by molar-refractivity contribution is -0.148. The Morgan fingerprint density at radius 1 is 1.29 bits per heavy atom. The van der Waals surface area contributed by atoms with Crippen LogP contribution in [0.1, 0.15) is 25.7 Å². The number of hydrogen-bond donors (Lipinski definition) is 4. The van der Waals surface area contributed by atoms with E-state index in [2.05, 4.69) is 16.0 Å². The predicted molar refractivity (Wildman–Crippen MR) is 59.4 cm³/mol. The van der Waals surface area contributed by atoms with E-state index in [0.717, 1.165) is 6.42 Å². The Balaban J connectivity index is 2.29. The fourth-order valence-electron chi connectivity index (χ4n) is 1.60. The summed E-state index contributed by atoms with van der Waals surface area (Å²) in [7, 11) is 1.51. The van der Waals surface area contributed by atoms with E-state index in [1.165, 1.54) is 7.05 Å². The molecule has 0 aromatic rings. The van der Waals surface area contributed by atoms with Gasteiger partial charge in [0, 0.05) is 20.0 Å². The van der Waals surface area contributed by atoms with Crippen molar-refractivity contribution in [3.63, 3.8) is 0 Å². The molecule has 0 bridgehead atoms. The molecule has 3 amide bonds. The maximum absolute atomic E-state index is 11.4. The maximum atomic E-state index is 11.4. The Labute approximate surface area is 98.9 Å². The van der Waals surface area contributed by atoms with Crippen LogP contribution in [0.3, 0.4) is 0 Å². The molecule has 7 nitrogen and oxygen atoms in total. The fourth-order valence-corrected chi connectivity index (χ4v) is 1.60. The van der Waals surface area contributed by atoms with Crippen molar-refractivity contribution in [2.75, 3.05) is 13.6 Å². The van der Waals surface area contributed by atoms with Gasteiger partial charge in [-0.05, 0) is 19.3 Å². The molecule has 0 atom stereocenters. The minimum atomic E-state index is -1.11. The molecule has 1 aliphatic carbocycles. The van der Waals surface area contributed by atoms with Crippen LogP contribution in [0.5, 0.6) is 0 Å². The highest BCUT2D eigenvalue weighted by molar-refractivity contribution is 5.87. The first-order chi connectivity index (χ1) is 8.00. The Morgan fingerprint density at radius 2 is 1.94 bits per heavy atom. The zero-order valence-corrected chi connectivity index (χ0v) is 9.71. The predicted octanol–water partition coefficient (Wildman–Crippen LogP) is -0.571. The lowest BCUT2D eigenvalue weighted by Gasteiger charge is -2.38. The van der Waals surface area contributed by atoms with E-state index in [1.807, 2.05) is 0 Å². The van der Waals surface area contributed by atoms with Crippen LogP contribution in [0.4, 0.5) is 4.79 Å². The second-order valence-electron chi connectivity index (χ2n) is 4.04. The molecule has 1 fully saturated rings. The lowest BCUT2D eigenvalue weighted by atomic mass is 9.77. The summed E-state index contributed by atoms with van der Waals surface area (Å²) >= 11 is 0. The molecule has 1 aliphatic rings. The molecule has 0 spiro atoms. The molecule has 0 unspecified atom stereocenters. The zero-order valence-electron chi connectivity index (χ0n) is 9.71. The van der Waals surface area contributed by atoms with Crippen LogP contribution in [-0.4, -0.2) is 42.1 Å². The van der Waals surface area contributed by atoms with Crippen LogP contribution in [0, 0.1) is 0 Å². The van der Waals surface area contributed by atoms with E-state index in [4.69, 9.17) is 5.11 Å². The van der Waals surface area contributed by atoms with Gasteiger partial charge in [-0.1, -0.05) is 0 Å². The molecule has 96 valence electrons. The second kappa shape index (κ2) is 5.51. The quantitative estimate of drug-likeness (QED) is 0.518. The summed E-state index contributed by atoms with van der Waals surface area (Å²) in [6, 6.07) is -0.545. The third-order valence-electron chi connectivity index (χ3n) is 2.89. The van der Waals surface area contributed by atoms with Crippen molar-refractivity contribution >= 4 is 17.9 Å². The van der Waals surface area contributed by atoms with Gasteiger partial charge in [0.2, 0.25) is 5.91 Å². The van der Waals surface area contributed by atoms with Crippen molar-refractivity contribution in [3.05, 3.63) is 0 Å². The van der Waals surface area contributed by atoms with Crippen LogP contribution in [0.2, 0.25) is 0 Å². The van der Waals surface area contributed by atoms with Gasteiger partial charge in [0.1, 0.15) is 5.54 Å². The summed E-state index contributed by atoms with van der Waals surface area (Å²) in [5, 5.41) is 16.3. The van der Waals surface area contributed by atoms with Crippen molar-refractivity contribution < 1.29 is 19.5 Å². The lowest BCUT2D eigenvalue weighted by Crippen LogP contribution is -2.61. The SMILES string of the molecule is CNC(=O)CCNC(=O)NC1(C(=O)O)CCC1. The molecular weight excluding hydrogens is 226 g/mol. The zero-order chi connectivity index (χ0) is 12.9.